The van der Waals surface area contributed by atoms with Gasteiger partial charge in [0.05, 0.1) is 11.3 Å². The highest BCUT2D eigenvalue weighted by atomic mass is 32.2. The number of hydrogen-bond donors (Lipinski definition) is 2. The number of aliphatic carboxylic acids is 1. The molecular formula is C12H11F2N3O3S. The van der Waals surface area contributed by atoms with Crippen LogP contribution >= 0.6 is 11.8 Å². The molecule has 0 bridgehead atoms. The molecule has 0 fully saturated rings. The van der Waals surface area contributed by atoms with Crippen LogP contribution in [-0.4, -0.2) is 39.3 Å². The zero-order valence-electron chi connectivity index (χ0n) is 10.9. The topological polar surface area (TPSA) is 84.2 Å². The Balaban J connectivity index is 2.55. The Hall–Kier alpha value is -2.16. The summed E-state index contributed by atoms with van der Waals surface area (Å²) in [4.78, 5) is 26.2. The molecule has 21 heavy (non-hydrogen) atoms. The molecule has 0 aliphatic heterocycles. The minimum absolute atomic E-state index is 0.139. The van der Waals surface area contributed by atoms with E-state index in [0.29, 0.717) is 0 Å². The van der Waals surface area contributed by atoms with Crippen molar-refractivity contribution < 1.29 is 23.5 Å². The van der Waals surface area contributed by atoms with Gasteiger partial charge >= 0.3 is 5.97 Å². The summed E-state index contributed by atoms with van der Waals surface area (Å²) in [7, 11) is 1.41. The maximum absolute atomic E-state index is 13.9. The molecule has 1 aromatic carbocycles. The van der Waals surface area contributed by atoms with Gasteiger partial charge in [-0.1, -0.05) is 11.8 Å². The molecule has 0 saturated carbocycles. The van der Waals surface area contributed by atoms with E-state index in [1.54, 1.807) is 0 Å². The lowest BCUT2D eigenvalue weighted by molar-refractivity contribution is -0.133. The van der Waals surface area contributed by atoms with Crippen molar-refractivity contribution in [1.29, 1.82) is 0 Å². The average molecular weight is 315 g/mol. The first-order valence-corrected chi connectivity index (χ1v) is 6.82. The Morgan fingerprint density at radius 1 is 1.43 bits per heavy atom. The molecule has 1 aromatic heterocycles. The summed E-state index contributed by atoms with van der Waals surface area (Å²) in [5, 5.41) is 11.2. The van der Waals surface area contributed by atoms with E-state index < -0.39 is 23.5 Å². The van der Waals surface area contributed by atoms with Crippen LogP contribution in [0, 0.1) is 11.6 Å². The first kappa shape index (κ1) is 15.2. The first-order chi connectivity index (χ1) is 9.93. The number of hydrogen-bond acceptors (Lipinski definition) is 4. The maximum Gasteiger partial charge on any atom is 0.313 e. The maximum atomic E-state index is 13.9. The predicted molar refractivity (Wildman–Crippen MR) is 72.1 cm³/mol. The summed E-state index contributed by atoms with van der Waals surface area (Å²) in [6.07, 6.45) is 0. The van der Waals surface area contributed by atoms with E-state index in [4.69, 9.17) is 5.11 Å². The summed E-state index contributed by atoms with van der Waals surface area (Å²) in [5.74, 6) is -4.00. The number of thioether (sulfide) groups is 1. The zero-order valence-corrected chi connectivity index (χ0v) is 11.7. The minimum atomic E-state index is -1.12. The van der Waals surface area contributed by atoms with Gasteiger partial charge in [0.15, 0.2) is 16.8 Å². The van der Waals surface area contributed by atoms with Crippen molar-refractivity contribution in [2.24, 2.45) is 0 Å². The number of carbonyl (C=O) groups is 2. The van der Waals surface area contributed by atoms with Crippen LogP contribution in [0.1, 0.15) is 0 Å². The van der Waals surface area contributed by atoms with Crippen molar-refractivity contribution >= 4 is 34.7 Å². The highest BCUT2D eigenvalue weighted by molar-refractivity contribution is 7.99. The summed E-state index contributed by atoms with van der Waals surface area (Å²) in [5.41, 5.74) is -0.00261. The van der Waals surface area contributed by atoms with Crippen molar-refractivity contribution in [1.82, 2.24) is 14.9 Å². The average Bonchev–Trinajstić information content (AvgIpc) is 2.79. The minimum Gasteiger partial charge on any atom is -0.481 e. The monoisotopic (exact) mass is 315 g/mol. The molecule has 1 heterocycles. The Bertz CT molecular complexity index is 717. The number of carboxylic acids is 1. The number of nitrogens with one attached hydrogen (secondary N) is 1. The highest BCUT2D eigenvalue weighted by Gasteiger charge is 2.19. The molecule has 9 heteroatoms. The fraction of sp³-hybridized carbons (Fsp3) is 0.250. The third-order valence-electron chi connectivity index (χ3n) is 2.67. The predicted octanol–water partition coefficient (Wildman–Crippen LogP) is 1.24. The van der Waals surface area contributed by atoms with Gasteiger partial charge in [-0.3, -0.25) is 9.59 Å². The molecule has 0 radical (unpaired) electrons. The van der Waals surface area contributed by atoms with Crippen molar-refractivity contribution in [2.45, 2.75) is 11.7 Å². The molecule has 0 unspecified atom stereocenters. The van der Waals surface area contributed by atoms with E-state index in [1.807, 2.05) is 0 Å². The third kappa shape index (κ3) is 3.13. The number of aromatic nitrogens is 2. The molecule has 2 aromatic rings. The van der Waals surface area contributed by atoms with E-state index in [9.17, 15) is 18.4 Å². The number of fused-ring (bicyclic) bond motifs is 1. The van der Waals surface area contributed by atoms with Crippen molar-refractivity contribution in [3.63, 3.8) is 0 Å². The largest absolute Gasteiger partial charge is 0.481 e. The van der Waals surface area contributed by atoms with Gasteiger partial charge in [0.25, 0.3) is 0 Å². The SMILES string of the molecule is CNC(=O)Cn1c(SCC(=O)O)nc2ccc(F)c(F)c21. The van der Waals surface area contributed by atoms with Crippen LogP contribution in [0.3, 0.4) is 0 Å². The molecule has 112 valence electrons. The number of rotatable bonds is 5. The van der Waals surface area contributed by atoms with Crippen LogP contribution in [-0.2, 0) is 16.1 Å². The molecule has 0 saturated heterocycles. The molecule has 0 spiro atoms. The van der Waals surface area contributed by atoms with E-state index >= 15 is 0 Å². The normalized spacial score (nSPS) is 10.8. The van der Waals surface area contributed by atoms with Gasteiger partial charge in [-0.05, 0) is 12.1 Å². The first-order valence-electron chi connectivity index (χ1n) is 5.83. The molecular weight excluding hydrogens is 304 g/mol. The van der Waals surface area contributed by atoms with Gasteiger partial charge in [-0.2, -0.15) is 0 Å². The number of imidazole rings is 1. The molecule has 6 nitrogen and oxygen atoms in total. The van der Waals surface area contributed by atoms with Gasteiger partial charge in [0, 0.05) is 7.05 Å². The fourth-order valence-electron chi connectivity index (χ4n) is 1.74. The van der Waals surface area contributed by atoms with Crippen LogP contribution in [0.4, 0.5) is 8.78 Å². The van der Waals surface area contributed by atoms with Crippen LogP contribution in [0.25, 0.3) is 11.0 Å². The second-order valence-corrected chi connectivity index (χ2v) is 5.01. The van der Waals surface area contributed by atoms with Crippen molar-refractivity contribution in [3.05, 3.63) is 23.8 Å². The lowest BCUT2D eigenvalue weighted by atomic mass is 10.3. The van der Waals surface area contributed by atoms with E-state index in [1.165, 1.54) is 17.7 Å². The molecule has 0 aliphatic carbocycles. The van der Waals surface area contributed by atoms with Gasteiger partial charge in [-0.15, -0.1) is 0 Å². The summed E-state index contributed by atoms with van der Waals surface area (Å²) >= 11 is 0.831. The number of carbonyl (C=O) groups excluding carboxylic acids is 1. The Labute approximate surface area is 122 Å². The zero-order chi connectivity index (χ0) is 15.6. The Morgan fingerprint density at radius 3 is 2.76 bits per heavy atom. The van der Waals surface area contributed by atoms with Gasteiger partial charge in [0.1, 0.15) is 12.1 Å². The molecule has 0 aliphatic rings. The number of halogens is 2. The highest BCUT2D eigenvalue weighted by Crippen LogP contribution is 2.27. The fourth-order valence-corrected chi connectivity index (χ4v) is 2.47. The summed E-state index contributed by atoms with van der Waals surface area (Å²) in [6.45, 7) is -0.282. The van der Waals surface area contributed by atoms with E-state index in [0.717, 1.165) is 17.8 Å². The number of nitrogens with zero attached hydrogens (tertiary/aromatic N) is 2. The second-order valence-electron chi connectivity index (χ2n) is 4.07. The van der Waals surface area contributed by atoms with Gasteiger partial charge in [-0.25, -0.2) is 13.8 Å². The van der Waals surface area contributed by atoms with Crippen LogP contribution < -0.4 is 5.32 Å². The number of carboxylic acid groups (broad SMARTS) is 1. The van der Waals surface area contributed by atoms with E-state index in [-0.39, 0.29) is 28.5 Å². The van der Waals surface area contributed by atoms with Crippen LogP contribution in [0.5, 0.6) is 0 Å². The quantitative estimate of drug-likeness (QED) is 0.811. The van der Waals surface area contributed by atoms with Gasteiger partial charge < -0.3 is 15.0 Å². The molecule has 2 N–H and O–H groups in total. The summed E-state index contributed by atoms with van der Waals surface area (Å²) in [6, 6.07) is 2.21. The number of likely N-dealkylation sites (N-methyl/N-ethyl adjacent to an activating group) is 1. The second kappa shape index (κ2) is 6.08. The van der Waals surface area contributed by atoms with Crippen LogP contribution in [0.15, 0.2) is 17.3 Å². The standard InChI is InChI=1S/C12H11F2N3O3S/c1-15-8(18)4-17-11-7(3-2-6(13)10(11)14)16-12(17)21-5-9(19)20/h2-3H,4-5H2,1H3,(H,15,18)(H,19,20). The van der Waals surface area contributed by atoms with Crippen LogP contribution in [0.2, 0.25) is 0 Å². The van der Waals surface area contributed by atoms with Crippen molar-refractivity contribution in [2.75, 3.05) is 12.8 Å². The lowest BCUT2D eigenvalue weighted by Crippen LogP contribution is -2.24. The molecule has 0 atom stereocenters. The summed E-state index contributed by atoms with van der Waals surface area (Å²) < 4.78 is 28.5. The molecule has 1 amide bonds. The Morgan fingerprint density at radius 2 is 2.14 bits per heavy atom. The van der Waals surface area contributed by atoms with E-state index in [2.05, 4.69) is 10.3 Å². The number of amides is 1. The Kier molecular flexibility index (Phi) is 4.41. The third-order valence-corrected chi connectivity index (χ3v) is 3.63. The lowest BCUT2D eigenvalue weighted by Gasteiger charge is -2.07. The smallest absolute Gasteiger partial charge is 0.313 e. The van der Waals surface area contributed by atoms with Gasteiger partial charge in [0.2, 0.25) is 5.91 Å². The van der Waals surface area contributed by atoms with Crippen molar-refractivity contribution in [3.8, 4) is 0 Å². The number of benzene rings is 1. The molecule has 2 rings (SSSR count).